The van der Waals surface area contributed by atoms with Gasteiger partial charge in [0.1, 0.15) is 24.4 Å². The molecule has 6 aromatic carbocycles. The molecule has 1 fully saturated rings. The summed E-state index contributed by atoms with van der Waals surface area (Å²) in [6.45, 7) is 4.24. The molecule has 0 aliphatic carbocycles. The van der Waals surface area contributed by atoms with Crippen LogP contribution >= 0.6 is 0 Å². The first kappa shape index (κ1) is 47.4. The van der Waals surface area contributed by atoms with E-state index in [2.05, 4.69) is 29.6 Å². The number of amides is 1. The van der Waals surface area contributed by atoms with Gasteiger partial charge in [-0.25, -0.2) is 24.3 Å². The van der Waals surface area contributed by atoms with Gasteiger partial charge in [-0.1, -0.05) is 135 Å². The maximum absolute atomic E-state index is 13.2. The summed E-state index contributed by atoms with van der Waals surface area (Å²) in [4.78, 5) is 13.2. The SMILES string of the molecule is C[C@H](CO[C@H]1O[C@H](COCc2ccccc2)[C@@H](OCc2ccccc2)[C@H](OCc2ccccc2)[C@@H]1OCc1ccccc1)C(=O)NCCCCc1ccc[cH-]1.[Fe+2].c1cc[cH-]c1. The van der Waals surface area contributed by atoms with Crippen LogP contribution in [0, 0.1) is 5.92 Å². The number of carbonyl (C=O) groups is 1. The van der Waals surface area contributed by atoms with E-state index >= 15 is 0 Å². The van der Waals surface area contributed by atoms with Crippen LogP contribution in [0.4, 0.5) is 0 Å². The van der Waals surface area contributed by atoms with Crippen molar-refractivity contribution in [1.29, 1.82) is 0 Å². The first-order valence-electron chi connectivity index (χ1n) is 21.1. The van der Waals surface area contributed by atoms with Gasteiger partial charge >= 0.3 is 17.1 Å². The van der Waals surface area contributed by atoms with Crippen LogP contribution in [0.5, 0.6) is 0 Å². The molecule has 0 spiro atoms. The minimum atomic E-state index is -0.869. The summed E-state index contributed by atoms with van der Waals surface area (Å²) in [6.07, 6.45) is -0.394. The number of rotatable bonds is 22. The smallest absolute Gasteiger partial charge is 0.374 e. The van der Waals surface area contributed by atoms with Crippen molar-refractivity contribution in [2.45, 2.75) is 83.3 Å². The number of benzene rings is 4. The zero-order chi connectivity index (χ0) is 41.5. The summed E-state index contributed by atoms with van der Waals surface area (Å²) < 4.78 is 39.9. The van der Waals surface area contributed by atoms with Crippen LogP contribution < -0.4 is 5.32 Å². The fourth-order valence-corrected chi connectivity index (χ4v) is 6.94. The van der Waals surface area contributed by atoms with Crippen molar-refractivity contribution in [2.24, 2.45) is 5.92 Å². The predicted octanol–water partition coefficient (Wildman–Crippen LogP) is 9.60. The van der Waals surface area contributed by atoms with E-state index in [9.17, 15) is 4.79 Å². The third-order valence-corrected chi connectivity index (χ3v) is 10.3. The molecule has 0 radical (unpaired) electrons. The Morgan fingerprint density at radius 3 is 1.64 bits per heavy atom. The number of aryl methyl sites for hydroxylation is 1. The van der Waals surface area contributed by atoms with Gasteiger partial charge in [-0.3, -0.25) is 4.79 Å². The number of hydrogen-bond acceptors (Lipinski definition) is 7. The molecule has 0 bridgehead atoms. The van der Waals surface area contributed by atoms with Crippen LogP contribution in [0.15, 0.2) is 176 Å². The molecule has 1 aliphatic rings. The molecule has 1 saturated heterocycles. The zero-order valence-electron chi connectivity index (χ0n) is 35.0. The molecule has 322 valence electrons. The Balaban J connectivity index is 0.00000109. The van der Waals surface area contributed by atoms with Gasteiger partial charge in [0.2, 0.25) is 5.91 Å². The Kier molecular flexibility index (Phi) is 21.2. The number of unbranched alkanes of at least 4 members (excludes halogenated alkanes) is 1. The van der Waals surface area contributed by atoms with Crippen molar-refractivity contribution >= 4 is 5.91 Å². The van der Waals surface area contributed by atoms with Gasteiger partial charge in [-0.05, 0) is 35.1 Å². The maximum Gasteiger partial charge on any atom is 2.00 e. The fraction of sp³-hybridized carbons (Fsp3) is 0.327. The first-order chi connectivity index (χ1) is 29.6. The normalized spacial score (nSPS) is 18.9. The van der Waals surface area contributed by atoms with Crippen molar-refractivity contribution in [1.82, 2.24) is 5.32 Å². The molecule has 0 unspecified atom stereocenters. The molecule has 7 rings (SSSR count). The largest absolute Gasteiger partial charge is 2.00 e. The molecule has 1 amide bonds. The van der Waals surface area contributed by atoms with Crippen molar-refractivity contribution < 1.29 is 50.3 Å². The van der Waals surface area contributed by atoms with Gasteiger partial charge < -0.3 is 33.7 Å². The van der Waals surface area contributed by atoms with E-state index in [1.807, 2.05) is 159 Å². The molecule has 1 heterocycles. The number of carbonyl (C=O) groups excluding carboxylic acids is 1. The van der Waals surface area contributed by atoms with Crippen molar-refractivity contribution in [2.75, 3.05) is 19.8 Å². The predicted molar refractivity (Wildman–Crippen MR) is 235 cm³/mol. The average molecular weight is 866 g/mol. The number of nitrogens with one attached hydrogen (secondary N) is 1. The zero-order valence-corrected chi connectivity index (χ0v) is 36.1. The molecule has 6 atom stereocenters. The molecular weight excluding hydrogens is 806 g/mol. The summed E-state index contributed by atoms with van der Waals surface area (Å²) in [6, 6.07) is 58.5. The molecule has 0 aromatic heterocycles. The maximum atomic E-state index is 13.2. The Labute approximate surface area is 372 Å². The number of ether oxygens (including phenoxy) is 6. The van der Waals surface area contributed by atoms with Crippen LogP contribution in [0.3, 0.4) is 0 Å². The Bertz CT molecular complexity index is 1950. The summed E-state index contributed by atoms with van der Waals surface area (Å²) in [5.41, 5.74) is 5.43. The van der Waals surface area contributed by atoms with Crippen LogP contribution in [-0.2, 0) is 83.1 Å². The van der Waals surface area contributed by atoms with Crippen LogP contribution in [0.1, 0.15) is 47.6 Å². The van der Waals surface area contributed by atoms with Gasteiger partial charge in [-0.2, -0.15) is 35.9 Å². The second-order valence-electron chi connectivity index (χ2n) is 15.1. The van der Waals surface area contributed by atoms with Gasteiger partial charge in [-0.15, -0.1) is 0 Å². The van der Waals surface area contributed by atoms with Crippen LogP contribution in [0.25, 0.3) is 0 Å². The minimum Gasteiger partial charge on any atom is -0.374 e. The molecule has 0 saturated carbocycles. The van der Waals surface area contributed by atoms with Crippen molar-refractivity contribution in [3.8, 4) is 0 Å². The van der Waals surface area contributed by atoms with E-state index in [1.54, 1.807) is 0 Å². The number of hydrogen-bond donors (Lipinski definition) is 1. The van der Waals surface area contributed by atoms with E-state index in [4.69, 9.17) is 28.4 Å². The van der Waals surface area contributed by atoms with Crippen molar-refractivity contribution in [3.63, 3.8) is 0 Å². The molecule has 8 nitrogen and oxygen atoms in total. The minimum absolute atomic E-state index is 0. The monoisotopic (exact) mass is 865 g/mol. The van der Waals surface area contributed by atoms with Crippen LogP contribution in [-0.4, -0.2) is 56.4 Å². The van der Waals surface area contributed by atoms with E-state index < -0.39 is 36.6 Å². The quantitative estimate of drug-likeness (QED) is 0.0414. The van der Waals surface area contributed by atoms with Crippen LogP contribution in [0.2, 0.25) is 0 Å². The molecule has 1 N–H and O–H groups in total. The molecule has 1 aliphatic heterocycles. The molecule has 61 heavy (non-hydrogen) atoms. The Morgan fingerprint density at radius 2 is 1.13 bits per heavy atom. The summed E-state index contributed by atoms with van der Waals surface area (Å²) >= 11 is 0. The topological polar surface area (TPSA) is 84.5 Å². The standard InChI is InChI=1S/C47H54NO7.C5H5.Fe/c1-36(46(49)48-29-17-16-20-37-18-14-15-19-37)30-54-47-45(53-34-41-27-12-5-13-28-41)44(52-33-40-25-10-4-11-26-40)43(51-32-39-23-8-3-9-24-39)42(55-47)35-50-31-38-21-6-2-7-22-38;1-2-4-5-3-1;/h2-15,18-19,21-28,36,42-45,47H,16-17,20,29-35H2,1H3,(H,48,49);1-5H;/q2*-1;+2/t36-,42-,43-,44+,45+,47+;;/m1../s1. The summed E-state index contributed by atoms with van der Waals surface area (Å²) in [5.74, 6) is -0.480. The second kappa shape index (κ2) is 27.3. The molecule has 9 heteroatoms. The third-order valence-electron chi connectivity index (χ3n) is 10.3. The van der Waals surface area contributed by atoms with Gasteiger partial charge in [0.05, 0.1) is 45.6 Å². The van der Waals surface area contributed by atoms with Gasteiger partial charge in [0.15, 0.2) is 6.29 Å². The average Bonchev–Trinajstić information content (AvgIpc) is 4.07. The Hall–Kier alpha value is -4.67. The van der Waals surface area contributed by atoms with E-state index in [0.29, 0.717) is 33.0 Å². The van der Waals surface area contributed by atoms with E-state index in [0.717, 1.165) is 41.5 Å². The van der Waals surface area contributed by atoms with E-state index in [-0.39, 0.29) is 36.2 Å². The first-order valence-corrected chi connectivity index (χ1v) is 21.1. The van der Waals surface area contributed by atoms with Gasteiger partial charge in [0, 0.05) is 6.54 Å². The Morgan fingerprint density at radius 1 is 0.607 bits per heavy atom. The van der Waals surface area contributed by atoms with E-state index in [1.165, 1.54) is 5.56 Å². The van der Waals surface area contributed by atoms with Crippen molar-refractivity contribution in [3.05, 3.63) is 204 Å². The summed E-state index contributed by atoms with van der Waals surface area (Å²) in [7, 11) is 0. The van der Waals surface area contributed by atoms with Gasteiger partial charge in [0.25, 0.3) is 0 Å². The second-order valence-corrected chi connectivity index (χ2v) is 15.1. The fourth-order valence-electron chi connectivity index (χ4n) is 6.94. The molecular formula is C52H59FeNO7. The third kappa shape index (κ3) is 16.6. The molecule has 6 aromatic rings. The summed E-state index contributed by atoms with van der Waals surface area (Å²) in [5, 5.41) is 3.09.